The fourth-order valence-electron chi connectivity index (χ4n) is 1.98. The summed E-state index contributed by atoms with van der Waals surface area (Å²) >= 11 is 0. The summed E-state index contributed by atoms with van der Waals surface area (Å²) in [6.45, 7) is 0.110. The second-order valence-corrected chi connectivity index (χ2v) is 4.21. The Morgan fingerprint density at radius 2 is 2.11 bits per heavy atom. The van der Waals surface area contributed by atoms with Crippen LogP contribution >= 0.6 is 0 Å². The van der Waals surface area contributed by atoms with Gasteiger partial charge in [0.25, 0.3) is 0 Å². The average molecular weight is 249 g/mol. The van der Waals surface area contributed by atoms with Gasteiger partial charge in [-0.15, -0.1) is 0 Å². The number of carbonyl (C=O) groups excluding carboxylic acids is 1. The molecule has 0 aromatic heterocycles. The van der Waals surface area contributed by atoms with Crippen LogP contribution in [0.1, 0.15) is 6.42 Å². The molecular formula is C11H12BNO5. The van der Waals surface area contributed by atoms with Gasteiger partial charge in [0.15, 0.2) is 0 Å². The van der Waals surface area contributed by atoms with Crippen molar-refractivity contribution in [3.63, 3.8) is 0 Å². The minimum absolute atomic E-state index is 0.0265. The fourth-order valence-corrected chi connectivity index (χ4v) is 1.98. The van der Waals surface area contributed by atoms with Gasteiger partial charge < -0.3 is 20.1 Å². The van der Waals surface area contributed by atoms with Gasteiger partial charge in [0, 0.05) is 18.7 Å². The number of carboxylic acids is 1. The lowest BCUT2D eigenvalue weighted by Gasteiger charge is -2.17. The molecule has 1 fully saturated rings. The van der Waals surface area contributed by atoms with E-state index < -0.39 is 19.0 Å². The molecule has 1 atom stereocenters. The lowest BCUT2D eigenvalue weighted by atomic mass is 9.80. The Balaban J connectivity index is 2.24. The summed E-state index contributed by atoms with van der Waals surface area (Å²) in [6, 6.07) is 6.20. The minimum Gasteiger partial charge on any atom is -0.481 e. The van der Waals surface area contributed by atoms with E-state index >= 15 is 0 Å². The average Bonchev–Trinajstić information content (AvgIpc) is 2.72. The summed E-state index contributed by atoms with van der Waals surface area (Å²) in [4.78, 5) is 23.9. The van der Waals surface area contributed by atoms with E-state index in [1.807, 2.05) is 0 Å². The van der Waals surface area contributed by atoms with E-state index in [9.17, 15) is 9.59 Å². The number of hydrogen-bond acceptors (Lipinski definition) is 4. The molecule has 1 saturated heterocycles. The topological polar surface area (TPSA) is 98.1 Å². The predicted octanol–water partition coefficient (Wildman–Crippen LogP) is -1.20. The Kier molecular flexibility index (Phi) is 3.35. The Morgan fingerprint density at radius 3 is 2.67 bits per heavy atom. The summed E-state index contributed by atoms with van der Waals surface area (Å²) in [5.41, 5.74) is 0.744. The number of aliphatic carboxylic acids is 1. The van der Waals surface area contributed by atoms with Gasteiger partial charge >= 0.3 is 13.1 Å². The highest BCUT2D eigenvalue weighted by Crippen LogP contribution is 2.24. The first-order valence-electron chi connectivity index (χ1n) is 5.48. The van der Waals surface area contributed by atoms with Crippen molar-refractivity contribution < 1.29 is 24.7 Å². The Bertz CT molecular complexity index is 490. The standard InChI is InChI=1S/C11H12BNO5/c14-10-4-7(11(15)16)6-13(10)9-3-1-2-8(5-9)12(17)18/h1-3,5,7,17-18H,4,6H2,(H,15,16). The van der Waals surface area contributed by atoms with E-state index in [1.165, 1.54) is 17.0 Å². The van der Waals surface area contributed by atoms with Crippen LogP contribution in [0.2, 0.25) is 0 Å². The van der Waals surface area contributed by atoms with Crippen molar-refractivity contribution in [3.05, 3.63) is 24.3 Å². The van der Waals surface area contributed by atoms with Gasteiger partial charge in [0.05, 0.1) is 5.92 Å². The number of amides is 1. The van der Waals surface area contributed by atoms with E-state index in [1.54, 1.807) is 12.1 Å². The molecule has 2 rings (SSSR count). The number of nitrogens with zero attached hydrogens (tertiary/aromatic N) is 1. The zero-order chi connectivity index (χ0) is 13.3. The molecule has 0 saturated carbocycles. The summed E-state index contributed by atoms with van der Waals surface area (Å²) in [5.74, 6) is -1.98. The third kappa shape index (κ3) is 2.37. The molecule has 0 radical (unpaired) electrons. The minimum atomic E-state index is -1.61. The molecule has 18 heavy (non-hydrogen) atoms. The molecule has 94 valence electrons. The van der Waals surface area contributed by atoms with E-state index in [-0.39, 0.29) is 24.3 Å². The fraction of sp³-hybridized carbons (Fsp3) is 0.273. The summed E-state index contributed by atoms with van der Waals surface area (Å²) in [5, 5.41) is 27.0. The van der Waals surface area contributed by atoms with Crippen molar-refractivity contribution >= 4 is 30.1 Å². The molecule has 7 heteroatoms. The van der Waals surface area contributed by atoms with Gasteiger partial charge in [-0.3, -0.25) is 9.59 Å². The van der Waals surface area contributed by atoms with Gasteiger partial charge in [-0.2, -0.15) is 0 Å². The van der Waals surface area contributed by atoms with Crippen molar-refractivity contribution in [1.29, 1.82) is 0 Å². The highest BCUT2D eigenvalue weighted by Gasteiger charge is 2.35. The summed E-state index contributed by atoms with van der Waals surface area (Å²) in [7, 11) is -1.61. The second-order valence-electron chi connectivity index (χ2n) is 4.21. The van der Waals surface area contributed by atoms with Crippen LogP contribution in [0.4, 0.5) is 5.69 Å². The van der Waals surface area contributed by atoms with Gasteiger partial charge in [0.2, 0.25) is 5.91 Å². The van der Waals surface area contributed by atoms with Crippen molar-refractivity contribution in [2.24, 2.45) is 5.92 Å². The van der Waals surface area contributed by atoms with Crippen LogP contribution in [0.3, 0.4) is 0 Å². The van der Waals surface area contributed by atoms with E-state index in [0.29, 0.717) is 5.69 Å². The molecular weight excluding hydrogens is 237 g/mol. The van der Waals surface area contributed by atoms with Crippen LogP contribution in [-0.2, 0) is 9.59 Å². The molecule has 1 aromatic rings. The summed E-state index contributed by atoms with van der Waals surface area (Å²) < 4.78 is 0. The van der Waals surface area contributed by atoms with Crippen LogP contribution < -0.4 is 10.4 Å². The van der Waals surface area contributed by atoms with Crippen molar-refractivity contribution in [2.45, 2.75) is 6.42 Å². The van der Waals surface area contributed by atoms with Crippen molar-refractivity contribution in [2.75, 3.05) is 11.4 Å². The molecule has 6 nitrogen and oxygen atoms in total. The van der Waals surface area contributed by atoms with Gasteiger partial charge in [-0.1, -0.05) is 12.1 Å². The highest BCUT2D eigenvalue weighted by molar-refractivity contribution is 6.58. The number of hydrogen-bond donors (Lipinski definition) is 3. The van der Waals surface area contributed by atoms with Gasteiger partial charge in [-0.05, 0) is 17.6 Å². The second kappa shape index (κ2) is 4.79. The first-order valence-corrected chi connectivity index (χ1v) is 5.48. The Morgan fingerprint density at radius 1 is 1.39 bits per heavy atom. The number of carboxylic acid groups (broad SMARTS) is 1. The van der Waals surface area contributed by atoms with E-state index in [2.05, 4.69) is 0 Å². The predicted molar refractivity (Wildman–Crippen MR) is 64.4 cm³/mol. The molecule has 0 bridgehead atoms. The normalized spacial score (nSPS) is 19.1. The molecule has 1 amide bonds. The third-order valence-corrected chi connectivity index (χ3v) is 2.95. The quantitative estimate of drug-likeness (QED) is 0.585. The van der Waals surface area contributed by atoms with Gasteiger partial charge in [-0.25, -0.2) is 0 Å². The van der Waals surface area contributed by atoms with E-state index in [0.717, 1.165) is 0 Å². The first kappa shape index (κ1) is 12.6. The molecule has 0 aliphatic carbocycles. The Labute approximate surface area is 104 Å². The number of carbonyl (C=O) groups is 2. The number of anilines is 1. The molecule has 1 unspecified atom stereocenters. The zero-order valence-electron chi connectivity index (χ0n) is 9.48. The maximum absolute atomic E-state index is 11.7. The SMILES string of the molecule is O=C(O)C1CC(=O)N(c2cccc(B(O)O)c2)C1. The van der Waals surface area contributed by atoms with Crippen molar-refractivity contribution in [1.82, 2.24) is 0 Å². The van der Waals surface area contributed by atoms with Crippen LogP contribution in [0.5, 0.6) is 0 Å². The van der Waals surface area contributed by atoms with Crippen LogP contribution in [0, 0.1) is 5.92 Å². The third-order valence-electron chi connectivity index (χ3n) is 2.95. The number of benzene rings is 1. The lowest BCUT2D eigenvalue weighted by Crippen LogP contribution is -2.32. The molecule has 1 aliphatic rings. The molecule has 1 aliphatic heterocycles. The lowest BCUT2D eigenvalue weighted by molar-refractivity contribution is -0.141. The largest absolute Gasteiger partial charge is 0.488 e. The Hall–Kier alpha value is -1.86. The van der Waals surface area contributed by atoms with Gasteiger partial charge in [0.1, 0.15) is 0 Å². The monoisotopic (exact) mass is 249 g/mol. The molecule has 3 N–H and O–H groups in total. The van der Waals surface area contributed by atoms with Crippen LogP contribution in [0.15, 0.2) is 24.3 Å². The van der Waals surface area contributed by atoms with E-state index in [4.69, 9.17) is 15.2 Å². The van der Waals surface area contributed by atoms with Crippen LogP contribution in [0.25, 0.3) is 0 Å². The summed E-state index contributed by atoms with van der Waals surface area (Å²) in [6.07, 6.45) is -0.0265. The first-order chi connectivity index (χ1) is 8.49. The number of rotatable bonds is 3. The van der Waals surface area contributed by atoms with Crippen molar-refractivity contribution in [3.8, 4) is 0 Å². The molecule has 1 heterocycles. The highest BCUT2D eigenvalue weighted by atomic mass is 16.4. The molecule has 1 aromatic carbocycles. The maximum Gasteiger partial charge on any atom is 0.488 e. The zero-order valence-corrected chi connectivity index (χ0v) is 9.48. The maximum atomic E-state index is 11.7. The molecule has 0 spiro atoms. The smallest absolute Gasteiger partial charge is 0.481 e. The van der Waals surface area contributed by atoms with Crippen LogP contribution in [-0.4, -0.2) is 40.7 Å².